The van der Waals surface area contributed by atoms with Crippen LogP contribution in [0.5, 0.6) is 11.6 Å². The van der Waals surface area contributed by atoms with E-state index < -0.39 is 0 Å². The van der Waals surface area contributed by atoms with Gasteiger partial charge in [-0.25, -0.2) is 4.98 Å². The number of amides is 1. The summed E-state index contributed by atoms with van der Waals surface area (Å²) < 4.78 is 12.8. The number of hydrogen-bond acceptors (Lipinski definition) is 6. The Labute approximate surface area is 161 Å². The predicted molar refractivity (Wildman–Crippen MR) is 105 cm³/mol. The molecule has 4 rings (SSSR count). The molecule has 28 heavy (non-hydrogen) atoms. The maximum absolute atomic E-state index is 11.6. The van der Waals surface area contributed by atoms with Crippen LogP contribution in [0, 0.1) is 0 Å². The molecule has 2 heterocycles. The van der Waals surface area contributed by atoms with Crippen LogP contribution in [0.25, 0.3) is 16.7 Å². The standard InChI is InChI=1S/C20H19N5O3/c1-3-17-23-24-19-20(22-15-6-4-5-7-16(15)25(17)19)28-14-10-8-13(9-11-14)21-18(26)12-27-2/h4-11H,3,12H2,1-2H3,(H,21,26). The summed E-state index contributed by atoms with van der Waals surface area (Å²) in [5, 5.41) is 11.3. The quantitative estimate of drug-likeness (QED) is 0.555. The van der Waals surface area contributed by atoms with Crippen molar-refractivity contribution in [1.29, 1.82) is 0 Å². The SMILES string of the molecule is CCc1nnc2c(Oc3ccc(NC(=O)COC)cc3)nc3ccccc3n12. The number of nitrogens with zero attached hydrogens (tertiary/aromatic N) is 4. The van der Waals surface area contributed by atoms with E-state index in [-0.39, 0.29) is 12.5 Å². The van der Waals surface area contributed by atoms with E-state index in [1.165, 1.54) is 7.11 Å². The van der Waals surface area contributed by atoms with Gasteiger partial charge in [0, 0.05) is 19.2 Å². The van der Waals surface area contributed by atoms with Crippen molar-refractivity contribution in [3.63, 3.8) is 0 Å². The highest BCUT2D eigenvalue weighted by molar-refractivity contribution is 5.91. The average Bonchev–Trinajstić information content (AvgIpc) is 3.14. The van der Waals surface area contributed by atoms with Crippen molar-refractivity contribution in [2.24, 2.45) is 0 Å². The van der Waals surface area contributed by atoms with Crippen molar-refractivity contribution in [2.75, 3.05) is 19.0 Å². The largest absolute Gasteiger partial charge is 0.436 e. The average molecular weight is 377 g/mol. The van der Waals surface area contributed by atoms with Gasteiger partial charge in [0.2, 0.25) is 11.6 Å². The fourth-order valence-electron chi connectivity index (χ4n) is 2.96. The molecule has 0 saturated heterocycles. The molecule has 2 aromatic heterocycles. The topological polar surface area (TPSA) is 90.6 Å². The molecule has 0 fully saturated rings. The van der Waals surface area contributed by atoms with E-state index in [9.17, 15) is 4.79 Å². The first kappa shape index (κ1) is 17.9. The third kappa shape index (κ3) is 3.37. The molecule has 8 nitrogen and oxygen atoms in total. The Bertz CT molecular complexity index is 1140. The number of methoxy groups -OCH3 is 1. The zero-order valence-electron chi connectivity index (χ0n) is 15.5. The number of hydrogen-bond donors (Lipinski definition) is 1. The third-order valence-electron chi connectivity index (χ3n) is 4.21. The first-order valence-corrected chi connectivity index (χ1v) is 8.89. The molecule has 0 atom stereocenters. The Morgan fingerprint density at radius 3 is 2.64 bits per heavy atom. The summed E-state index contributed by atoms with van der Waals surface area (Å²) in [5.41, 5.74) is 2.95. The van der Waals surface area contributed by atoms with Gasteiger partial charge in [0.15, 0.2) is 0 Å². The molecular formula is C20H19N5O3. The Morgan fingerprint density at radius 1 is 1.11 bits per heavy atom. The number of carbonyl (C=O) groups excluding carboxylic acids is 1. The van der Waals surface area contributed by atoms with Crippen molar-refractivity contribution in [2.45, 2.75) is 13.3 Å². The monoisotopic (exact) mass is 377 g/mol. The normalized spacial score (nSPS) is 11.1. The van der Waals surface area contributed by atoms with E-state index >= 15 is 0 Å². The second-order valence-corrected chi connectivity index (χ2v) is 6.14. The first-order valence-electron chi connectivity index (χ1n) is 8.89. The van der Waals surface area contributed by atoms with Crippen LogP contribution in [0.2, 0.25) is 0 Å². The summed E-state index contributed by atoms with van der Waals surface area (Å²) in [4.78, 5) is 16.2. The van der Waals surface area contributed by atoms with Crippen molar-refractivity contribution in [3.8, 4) is 11.6 Å². The smallest absolute Gasteiger partial charge is 0.266 e. The number of rotatable bonds is 6. The lowest BCUT2D eigenvalue weighted by atomic mass is 10.3. The zero-order chi connectivity index (χ0) is 19.5. The molecule has 142 valence electrons. The Kier molecular flexibility index (Phi) is 4.86. The molecule has 0 radical (unpaired) electrons. The van der Waals surface area contributed by atoms with Crippen molar-refractivity contribution < 1.29 is 14.3 Å². The molecule has 0 unspecified atom stereocenters. The van der Waals surface area contributed by atoms with Gasteiger partial charge in [0.1, 0.15) is 18.2 Å². The van der Waals surface area contributed by atoms with Crippen LogP contribution in [-0.2, 0) is 16.0 Å². The van der Waals surface area contributed by atoms with E-state index in [4.69, 9.17) is 9.47 Å². The van der Waals surface area contributed by atoms with Gasteiger partial charge in [0.05, 0.1) is 11.0 Å². The molecule has 0 saturated carbocycles. The van der Waals surface area contributed by atoms with Crippen LogP contribution in [0.15, 0.2) is 48.5 Å². The van der Waals surface area contributed by atoms with Gasteiger partial charge in [-0.2, -0.15) is 0 Å². The molecule has 0 spiro atoms. The minimum atomic E-state index is -0.218. The van der Waals surface area contributed by atoms with Gasteiger partial charge in [-0.15, -0.1) is 10.2 Å². The summed E-state index contributed by atoms with van der Waals surface area (Å²) in [6.07, 6.45) is 0.741. The van der Waals surface area contributed by atoms with Gasteiger partial charge in [0.25, 0.3) is 5.88 Å². The highest BCUT2D eigenvalue weighted by Crippen LogP contribution is 2.28. The molecule has 2 aromatic carbocycles. The van der Waals surface area contributed by atoms with Gasteiger partial charge < -0.3 is 14.8 Å². The van der Waals surface area contributed by atoms with Crippen LogP contribution in [0.3, 0.4) is 0 Å². The lowest BCUT2D eigenvalue weighted by Gasteiger charge is -2.10. The van der Waals surface area contributed by atoms with Gasteiger partial charge in [-0.1, -0.05) is 19.1 Å². The van der Waals surface area contributed by atoms with Gasteiger partial charge >= 0.3 is 0 Å². The second kappa shape index (κ2) is 7.61. The van der Waals surface area contributed by atoms with Crippen LogP contribution >= 0.6 is 0 Å². The number of aryl methyl sites for hydroxylation is 1. The molecule has 4 aromatic rings. The van der Waals surface area contributed by atoms with Crippen LogP contribution in [-0.4, -0.2) is 39.2 Å². The summed E-state index contributed by atoms with van der Waals surface area (Å²) in [5.74, 6) is 1.58. The number of carbonyl (C=O) groups is 1. The number of benzene rings is 2. The summed E-state index contributed by atoms with van der Waals surface area (Å²) >= 11 is 0. The third-order valence-corrected chi connectivity index (χ3v) is 4.21. The molecule has 0 bridgehead atoms. The highest BCUT2D eigenvalue weighted by Gasteiger charge is 2.15. The summed E-state index contributed by atoms with van der Waals surface area (Å²) in [7, 11) is 1.47. The van der Waals surface area contributed by atoms with Crippen molar-refractivity contribution in [1.82, 2.24) is 19.6 Å². The Hall–Kier alpha value is -3.52. The zero-order valence-corrected chi connectivity index (χ0v) is 15.5. The van der Waals surface area contributed by atoms with E-state index in [1.807, 2.05) is 35.6 Å². The minimum absolute atomic E-state index is 0.00386. The molecule has 1 N–H and O–H groups in total. The summed E-state index contributed by atoms with van der Waals surface area (Å²) in [6.45, 7) is 2.03. The maximum Gasteiger partial charge on any atom is 0.266 e. The number of ether oxygens (including phenoxy) is 2. The van der Waals surface area contributed by atoms with Crippen molar-refractivity contribution in [3.05, 3.63) is 54.4 Å². The van der Waals surface area contributed by atoms with E-state index in [1.54, 1.807) is 24.3 Å². The van der Waals surface area contributed by atoms with E-state index in [0.29, 0.717) is 23.0 Å². The van der Waals surface area contributed by atoms with Crippen LogP contribution in [0.4, 0.5) is 5.69 Å². The maximum atomic E-state index is 11.6. The van der Waals surface area contributed by atoms with Gasteiger partial charge in [-0.3, -0.25) is 9.20 Å². The Balaban J connectivity index is 1.67. The van der Waals surface area contributed by atoms with E-state index in [0.717, 1.165) is 23.3 Å². The lowest BCUT2D eigenvalue weighted by molar-refractivity contribution is -0.119. The predicted octanol–water partition coefficient (Wildman–Crippen LogP) is 3.22. The highest BCUT2D eigenvalue weighted by atomic mass is 16.5. The fraction of sp³-hybridized carbons (Fsp3) is 0.200. The minimum Gasteiger partial charge on any atom is -0.436 e. The second-order valence-electron chi connectivity index (χ2n) is 6.14. The molecule has 0 aliphatic carbocycles. The number of anilines is 1. The molecule has 0 aliphatic heterocycles. The van der Waals surface area contributed by atoms with Crippen molar-refractivity contribution >= 4 is 28.3 Å². The number of para-hydroxylation sites is 2. The number of nitrogens with one attached hydrogen (secondary N) is 1. The Morgan fingerprint density at radius 2 is 1.89 bits per heavy atom. The molecule has 8 heteroatoms. The van der Waals surface area contributed by atoms with Gasteiger partial charge in [-0.05, 0) is 36.4 Å². The van der Waals surface area contributed by atoms with E-state index in [2.05, 4.69) is 20.5 Å². The van der Waals surface area contributed by atoms with Crippen LogP contribution in [0.1, 0.15) is 12.7 Å². The number of fused-ring (bicyclic) bond motifs is 3. The first-order chi connectivity index (χ1) is 13.7. The molecular weight excluding hydrogens is 358 g/mol. The lowest BCUT2D eigenvalue weighted by Crippen LogP contribution is -2.16. The van der Waals surface area contributed by atoms with Crippen LogP contribution < -0.4 is 10.1 Å². The number of aromatic nitrogens is 4. The summed E-state index contributed by atoms with van der Waals surface area (Å²) in [6, 6.07) is 14.8. The fourth-order valence-corrected chi connectivity index (χ4v) is 2.96. The molecule has 1 amide bonds. The molecule has 0 aliphatic rings.